The molecule has 0 aliphatic carbocycles. The molecule has 2 aromatic rings. The normalized spacial score (nSPS) is 11.1. The van der Waals surface area contributed by atoms with Gasteiger partial charge in [-0.1, -0.05) is 32.0 Å². The summed E-state index contributed by atoms with van der Waals surface area (Å²) in [6.07, 6.45) is 0. The molecule has 1 aromatic heterocycles. The molecule has 0 spiro atoms. The fraction of sp³-hybridized carbons (Fsp3) is 0.400. The molecule has 0 saturated carbocycles. The van der Waals surface area contributed by atoms with E-state index in [1.807, 2.05) is 12.1 Å². The summed E-state index contributed by atoms with van der Waals surface area (Å²) < 4.78 is 0. The van der Waals surface area contributed by atoms with E-state index in [2.05, 4.69) is 43.0 Å². The fourth-order valence-corrected chi connectivity index (χ4v) is 2.13. The zero-order valence-electron chi connectivity index (χ0n) is 11.1. The van der Waals surface area contributed by atoms with E-state index in [0.717, 1.165) is 24.4 Å². The number of hydrogen-bond acceptors (Lipinski definition) is 3. The van der Waals surface area contributed by atoms with Crippen LogP contribution >= 0.6 is 0 Å². The highest BCUT2D eigenvalue weighted by Gasteiger charge is 2.09. The number of benzene rings is 1. The van der Waals surface area contributed by atoms with Crippen molar-refractivity contribution in [2.75, 3.05) is 24.5 Å². The van der Waals surface area contributed by atoms with Crippen molar-refractivity contribution >= 4 is 16.7 Å². The molecule has 18 heavy (non-hydrogen) atoms. The van der Waals surface area contributed by atoms with E-state index in [0.29, 0.717) is 12.5 Å². The van der Waals surface area contributed by atoms with E-state index in [-0.39, 0.29) is 0 Å². The number of fused-ring (bicyclic) bond motifs is 1. The Balaban J connectivity index is 2.31. The summed E-state index contributed by atoms with van der Waals surface area (Å²) in [6.45, 7) is 6.92. The second kappa shape index (κ2) is 5.83. The third-order valence-corrected chi connectivity index (χ3v) is 2.89. The smallest absolute Gasteiger partial charge is 0.129 e. The Kier molecular flexibility index (Phi) is 4.15. The summed E-state index contributed by atoms with van der Waals surface area (Å²) in [5.74, 6) is 1.62. The molecule has 0 bridgehead atoms. The Hall–Kier alpha value is -1.61. The monoisotopic (exact) mass is 243 g/mol. The molecule has 3 nitrogen and oxygen atoms in total. The van der Waals surface area contributed by atoms with E-state index in [9.17, 15) is 0 Å². The molecule has 1 aromatic carbocycles. The van der Waals surface area contributed by atoms with Crippen molar-refractivity contribution in [1.29, 1.82) is 0 Å². The number of para-hydroxylation sites is 1. The summed E-state index contributed by atoms with van der Waals surface area (Å²) in [5.41, 5.74) is 6.73. The van der Waals surface area contributed by atoms with Gasteiger partial charge in [0.1, 0.15) is 5.82 Å². The second-order valence-corrected chi connectivity index (χ2v) is 4.99. The van der Waals surface area contributed by atoms with Crippen LogP contribution in [-0.2, 0) is 0 Å². The third-order valence-electron chi connectivity index (χ3n) is 2.89. The molecule has 2 N–H and O–H groups in total. The van der Waals surface area contributed by atoms with Crippen molar-refractivity contribution in [3.63, 3.8) is 0 Å². The van der Waals surface area contributed by atoms with Gasteiger partial charge in [0.2, 0.25) is 0 Å². The molecule has 2 rings (SSSR count). The van der Waals surface area contributed by atoms with Crippen molar-refractivity contribution in [3.8, 4) is 0 Å². The van der Waals surface area contributed by atoms with Gasteiger partial charge in [-0.05, 0) is 24.1 Å². The lowest BCUT2D eigenvalue weighted by Crippen LogP contribution is -2.33. The van der Waals surface area contributed by atoms with E-state index < -0.39 is 0 Å². The zero-order valence-corrected chi connectivity index (χ0v) is 11.1. The van der Waals surface area contributed by atoms with Gasteiger partial charge in [0.25, 0.3) is 0 Å². The first-order valence-corrected chi connectivity index (χ1v) is 6.51. The molecule has 0 saturated heterocycles. The van der Waals surface area contributed by atoms with Gasteiger partial charge in [-0.15, -0.1) is 0 Å². The van der Waals surface area contributed by atoms with Gasteiger partial charge in [0.05, 0.1) is 5.52 Å². The van der Waals surface area contributed by atoms with Gasteiger partial charge >= 0.3 is 0 Å². The topological polar surface area (TPSA) is 42.1 Å². The minimum atomic E-state index is 0.602. The van der Waals surface area contributed by atoms with Gasteiger partial charge < -0.3 is 10.6 Å². The molecular formula is C15H21N3. The van der Waals surface area contributed by atoms with E-state index in [4.69, 9.17) is 10.7 Å². The predicted octanol–water partition coefficient (Wildman–Crippen LogP) is 2.66. The summed E-state index contributed by atoms with van der Waals surface area (Å²) >= 11 is 0. The average molecular weight is 243 g/mol. The van der Waals surface area contributed by atoms with Crippen LogP contribution in [0.3, 0.4) is 0 Å². The number of nitrogens with two attached hydrogens (primary N) is 1. The van der Waals surface area contributed by atoms with Crippen LogP contribution in [0.2, 0.25) is 0 Å². The lowest BCUT2D eigenvalue weighted by atomic mass is 10.2. The van der Waals surface area contributed by atoms with Gasteiger partial charge in [0.15, 0.2) is 0 Å². The molecule has 0 radical (unpaired) electrons. The van der Waals surface area contributed by atoms with Gasteiger partial charge in [-0.2, -0.15) is 0 Å². The molecule has 3 heteroatoms. The standard InChI is InChI=1S/C15H21N3/c1-12(2)11-18(10-9-16)15-8-7-13-5-3-4-6-14(13)17-15/h3-8,12H,9-11,16H2,1-2H3. The maximum absolute atomic E-state index is 5.69. The second-order valence-electron chi connectivity index (χ2n) is 4.99. The summed E-state index contributed by atoms with van der Waals surface area (Å²) in [5, 5.41) is 1.18. The first kappa shape index (κ1) is 12.8. The molecule has 0 atom stereocenters. The summed E-state index contributed by atoms with van der Waals surface area (Å²) in [6, 6.07) is 12.4. The molecule has 0 amide bonds. The zero-order chi connectivity index (χ0) is 13.0. The first-order valence-electron chi connectivity index (χ1n) is 6.51. The van der Waals surface area contributed by atoms with Crippen LogP contribution in [-0.4, -0.2) is 24.6 Å². The molecule has 0 aliphatic heterocycles. The Morgan fingerprint density at radius 1 is 1.17 bits per heavy atom. The lowest BCUT2D eigenvalue weighted by molar-refractivity contribution is 0.608. The Morgan fingerprint density at radius 2 is 1.94 bits per heavy atom. The number of pyridine rings is 1. The summed E-state index contributed by atoms with van der Waals surface area (Å²) in [7, 11) is 0. The molecule has 96 valence electrons. The molecular weight excluding hydrogens is 222 g/mol. The minimum Gasteiger partial charge on any atom is -0.355 e. The van der Waals surface area contributed by atoms with E-state index in [1.54, 1.807) is 0 Å². The predicted molar refractivity (Wildman–Crippen MR) is 77.8 cm³/mol. The molecule has 0 unspecified atom stereocenters. The Labute approximate surface area is 109 Å². The van der Waals surface area contributed by atoms with Crippen LogP contribution in [0.4, 0.5) is 5.82 Å². The number of aromatic nitrogens is 1. The summed E-state index contributed by atoms with van der Waals surface area (Å²) in [4.78, 5) is 6.98. The minimum absolute atomic E-state index is 0.602. The fourth-order valence-electron chi connectivity index (χ4n) is 2.13. The van der Waals surface area contributed by atoms with Crippen LogP contribution in [0.5, 0.6) is 0 Å². The number of hydrogen-bond donors (Lipinski definition) is 1. The maximum Gasteiger partial charge on any atom is 0.129 e. The average Bonchev–Trinajstić information content (AvgIpc) is 2.37. The van der Waals surface area contributed by atoms with E-state index >= 15 is 0 Å². The number of anilines is 1. The number of nitrogens with zero attached hydrogens (tertiary/aromatic N) is 2. The van der Waals surface area contributed by atoms with Gasteiger partial charge in [0, 0.05) is 25.0 Å². The van der Waals surface area contributed by atoms with Crippen LogP contribution < -0.4 is 10.6 Å². The molecule has 0 fully saturated rings. The van der Waals surface area contributed by atoms with Crippen LogP contribution in [0.15, 0.2) is 36.4 Å². The third kappa shape index (κ3) is 2.99. The van der Waals surface area contributed by atoms with Crippen LogP contribution in [0.25, 0.3) is 10.9 Å². The van der Waals surface area contributed by atoms with Crippen LogP contribution in [0, 0.1) is 5.92 Å². The van der Waals surface area contributed by atoms with Crippen molar-refractivity contribution in [3.05, 3.63) is 36.4 Å². The Bertz CT molecular complexity index is 508. The highest BCUT2D eigenvalue weighted by molar-refractivity contribution is 5.80. The van der Waals surface area contributed by atoms with Crippen molar-refractivity contribution < 1.29 is 0 Å². The lowest BCUT2D eigenvalue weighted by Gasteiger charge is -2.25. The van der Waals surface area contributed by atoms with Crippen molar-refractivity contribution in [2.24, 2.45) is 11.7 Å². The largest absolute Gasteiger partial charge is 0.355 e. The van der Waals surface area contributed by atoms with Gasteiger partial charge in [-0.3, -0.25) is 0 Å². The SMILES string of the molecule is CC(C)CN(CCN)c1ccc2ccccc2n1. The van der Waals surface area contributed by atoms with Crippen molar-refractivity contribution in [2.45, 2.75) is 13.8 Å². The Morgan fingerprint density at radius 3 is 2.67 bits per heavy atom. The van der Waals surface area contributed by atoms with Gasteiger partial charge in [-0.25, -0.2) is 4.98 Å². The number of rotatable bonds is 5. The molecule has 1 heterocycles. The highest BCUT2D eigenvalue weighted by atomic mass is 15.2. The van der Waals surface area contributed by atoms with Crippen LogP contribution in [0.1, 0.15) is 13.8 Å². The van der Waals surface area contributed by atoms with Crippen molar-refractivity contribution in [1.82, 2.24) is 4.98 Å². The maximum atomic E-state index is 5.69. The quantitative estimate of drug-likeness (QED) is 0.878. The first-order chi connectivity index (χ1) is 8.70. The highest BCUT2D eigenvalue weighted by Crippen LogP contribution is 2.18. The van der Waals surface area contributed by atoms with E-state index in [1.165, 1.54) is 5.39 Å². The molecule has 0 aliphatic rings.